The van der Waals surface area contributed by atoms with E-state index in [9.17, 15) is 28.2 Å². The minimum absolute atomic E-state index is 0.00266. The Morgan fingerprint density at radius 1 is 1.03 bits per heavy atom. The van der Waals surface area contributed by atoms with Gasteiger partial charge in [-0.1, -0.05) is 48.0 Å². The molecule has 0 saturated heterocycles. The molecule has 0 fully saturated rings. The van der Waals surface area contributed by atoms with Crippen molar-refractivity contribution in [3.63, 3.8) is 0 Å². The average Bonchev–Trinajstić information content (AvgIpc) is 2.78. The molecule has 0 bridgehead atoms. The number of aliphatic carboxylic acids is 1. The van der Waals surface area contributed by atoms with Crippen molar-refractivity contribution < 1.29 is 28.2 Å². The lowest BCUT2D eigenvalue weighted by atomic mass is 9.88. The molecular weight excluding hydrogens is 444 g/mol. The third-order valence-electron chi connectivity index (χ3n) is 5.78. The molecule has 1 atom stereocenters. The van der Waals surface area contributed by atoms with E-state index in [4.69, 9.17) is 5.84 Å². The highest BCUT2D eigenvalue weighted by atomic mass is 32.2. The van der Waals surface area contributed by atoms with E-state index in [-0.39, 0.29) is 39.6 Å². The van der Waals surface area contributed by atoms with E-state index in [1.807, 2.05) is 13.0 Å². The van der Waals surface area contributed by atoms with E-state index < -0.39 is 27.7 Å². The summed E-state index contributed by atoms with van der Waals surface area (Å²) in [5.74, 6) is 2.33. The number of carboxylic acids is 2. The summed E-state index contributed by atoms with van der Waals surface area (Å²) in [7, 11) is -4.21. The third kappa shape index (κ3) is 3.96. The number of aromatic carboxylic acids is 1. The Bertz CT molecular complexity index is 1370. The number of hydrazine groups is 1. The van der Waals surface area contributed by atoms with Crippen molar-refractivity contribution in [1.29, 1.82) is 0 Å². The molecule has 1 heterocycles. The molecular formula is C24H22N2O6S. The van der Waals surface area contributed by atoms with Crippen molar-refractivity contribution in [2.75, 3.05) is 11.6 Å². The Balaban J connectivity index is 1.99. The van der Waals surface area contributed by atoms with Crippen LogP contribution in [0.3, 0.4) is 0 Å². The van der Waals surface area contributed by atoms with Gasteiger partial charge in [-0.15, -0.1) is 0 Å². The number of hydrogen-bond donors (Lipinski definition) is 3. The van der Waals surface area contributed by atoms with Crippen molar-refractivity contribution in [2.24, 2.45) is 5.84 Å². The first-order chi connectivity index (χ1) is 15.6. The molecule has 33 heavy (non-hydrogen) atoms. The lowest BCUT2D eigenvalue weighted by Gasteiger charge is -2.32. The number of nitrogens with zero attached hydrogens (tertiary/aromatic N) is 1. The van der Waals surface area contributed by atoms with Crippen LogP contribution in [0.15, 0.2) is 70.5 Å². The lowest BCUT2D eigenvalue weighted by Crippen LogP contribution is -2.40. The zero-order chi connectivity index (χ0) is 23.9. The number of aryl methyl sites for hydroxylation is 1. The maximum atomic E-state index is 13.8. The van der Waals surface area contributed by atoms with Crippen molar-refractivity contribution >= 4 is 27.5 Å². The van der Waals surface area contributed by atoms with E-state index in [0.29, 0.717) is 11.1 Å². The van der Waals surface area contributed by atoms with E-state index in [2.05, 4.69) is 0 Å². The van der Waals surface area contributed by atoms with Crippen LogP contribution in [-0.2, 0) is 14.6 Å². The Morgan fingerprint density at radius 2 is 1.73 bits per heavy atom. The highest BCUT2D eigenvalue weighted by Crippen LogP contribution is 2.41. The SMILES string of the molecule is Cc1ccc(S(=O)(=O)c2cc(C(=O)O)c3c(c2)C(C(=O)O)CCN3N)c(-c2ccccc2)c1. The van der Waals surface area contributed by atoms with Gasteiger partial charge in [0.1, 0.15) is 0 Å². The molecule has 3 aromatic carbocycles. The molecule has 4 N–H and O–H groups in total. The Kier molecular flexibility index (Phi) is 5.69. The molecule has 0 amide bonds. The summed E-state index contributed by atoms with van der Waals surface area (Å²) in [6, 6.07) is 16.2. The van der Waals surface area contributed by atoms with Crippen LogP contribution >= 0.6 is 0 Å². The van der Waals surface area contributed by atoms with Crippen LogP contribution < -0.4 is 10.9 Å². The fraction of sp³-hybridized carbons (Fsp3) is 0.167. The highest BCUT2D eigenvalue weighted by molar-refractivity contribution is 7.91. The number of nitrogens with two attached hydrogens (primary N) is 1. The second-order valence-corrected chi connectivity index (χ2v) is 9.87. The number of sulfone groups is 1. The standard InChI is InChI=1S/C24H22N2O6S/c1-14-7-8-21(18(11-14)15-5-3-2-4-6-15)33(31,32)16-12-19-17(23(27)28)9-10-26(25)22(19)20(13-16)24(29)30/h2-8,11-13,17H,9-10,25H2,1H3,(H,27,28)(H,29,30). The summed E-state index contributed by atoms with van der Waals surface area (Å²) < 4.78 is 27.5. The molecule has 0 radical (unpaired) electrons. The van der Waals surface area contributed by atoms with Gasteiger partial charge in [0.15, 0.2) is 0 Å². The quantitative estimate of drug-likeness (QED) is 0.486. The summed E-state index contributed by atoms with van der Waals surface area (Å²) in [5.41, 5.74) is 1.76. The predicted octanol–water partition coefficient (Wildman–Crippen LogP) is 3.45. The molecule has 0 spiro atoms. The van der Waals surface area contributed by atoms with Crippen molar-refractivity contribution in [3.8, 4) is 11.1 Å². The van der Waals surface area contributed by atoms with Gasteiger partial charge in [-0.2, -0.15) is 0 Å². The molecule has 9 heteroatoms. The van der Waals surface area contributed by atoms with E-state index in [1.54, 1.807) is 36.4 Å². The maximum Gasteiger partial charge on any atom is 0.337 e. The topological polar surface area (TPSA) is 138 Å². The summed E-state index contributed by atoms with van der Waals surface area (Å²) in [6.45, 7) is 1.98. The van der Waals surface area contributed by atoms with Crippen molar-refractivity contribution in [1.82, 2.24) is 0 Å². The summed E-state index contributed by atoms with van der Waals surface area (Å²) in [6.07, 6.45) is 0.126. The van der Waals surface area contributed by atoms with Crippen LogP contribution in [0.2, 0.25) is 0 Å². The van der Waals surface area contributed by atoms with Crippen LogP contribution in [0.25, 0.3) is 11.1 Å². The minimum Gasteiger partial charge on any atom is -0.481 e. The molecule has 1 unspecified atom stereocenters. The molecule has 1 aliphatic heterocycles. The predicted molar refractivity (Wildman–Crippen MR) is 122 cm³/mol. The van der Waals surface area contributed by atoms with Gasteiger partial charge in [-0.3, -0.25) is 4.79 Å². The monoisotopic (exact) mass is 466 g/mol. The van der Waals surface area contributed by atoms with Crippen molar-refractivity contribution in [3.05, 3.63) is 77.4 Å². The molecule has 0 aliphatic carbocycles. The Labute approximate surface area is 190 Å². The van der Waals surface area contributed by atoms with Gasteiger partial charge in [0.25, 0.3) is 0 Å². The Hall–Kier alpha value is -3.69. The second kappa shape index (κ2) is 8.34. The van der Waals surface area contributed by atoms with Crippen LogP contribution in [0.5, 0.6) is 0 Å². The number of fused-ring (bicyclic) bond motifs is 1. The van der Waals surface area contributed by atoms with Gasteiger partial charge in [0.05, 0.1) is 27.0 Å². The van der Waals surface area contributed by atoms with Crippen molar-refractivity contribution in [2.45, 2.75) is 29.1 Å². The zero-order valence-corrected chi connectivity index (χ0v) is 18.5. The van der Waals surface area contributed by atoms with Gasteiger partial charge in [0.2, 0.25) is 9.84 Å². The van der Waals surface area contributed by atoms with Gasteiger partial charge in [0, 0.05) is 12.1 Å². The molecule has 4 rings (SSSR count). The number of anilines is 1. The van der Waals surface area contributed by atoms with E-state index in [0.717, 1.165) is 16.6 Å². The normalized spacial score (nSPS) is 15.7. The number of benzene rings is 3. The second-order valence-electron chi connectivity index (χ2n) is 7.96. The van der Waals surface area contributed by atoms with Crippen LogP contribution in [-0.4, -0.2) is 37.1 Å². The molecule has 170 valence electrons. The number of rotatable bonds is 5. The van der Waals surface area contributed by atoms with E-state index in [1.165, 1.54) is 12.1 Å². The van der Waals surface area contributed by atoms with Crippen LogP contribution in [0.4, 0.5) is 5.69 Å². The van der Waals surface area contributed by atoms with Crippen LogP contribution in [0, 0.1) is 6.92 Å². The molecule has 1 aliphatic rings. The zero-order valence-electron chi connectivity index (χ0n) is 17.7. The Morgan fingerprint density at radius 3 is 2.36 bits per heavy atom. The summed E-state index contributed by atoms with van der Waals surface area (Å²) in [4.78, 5) is 23.6. The fourth-order valence-electron chi connectivity index (χ4n) is 4.17. The number of carbonyl (C=O) groups is 2. The smallest absolute Gasteiger partial charge is 0.337 e. The molecule has 3 aromatic rings. The molecule has 0 aromatic heterocycles. The first kappa shape index (κ1) is 22.5. The first-order valence-electron chi connectivity index (χ1n) is 10.2. The number of hydrogen-bond acceptors (Lipinski definition) is 6. The molecule has 8 nitrogen and oxygen atoms in total. The fourth-order valence-corrected chi connectivity index (χ4v) is 5.70. The maximum absolute atomic E-state index is 13.8. The average molecular weight is 467 g/mol. The summed E-state index contributed by atoms with van der Waals surface area (Å²) in [5, 5.41) is 20.6. The highest BCUT2D eigenvalue weighted by Gasteiger charge is 2.35. The minimum atomic E-state index is -4.21. The summed E-state index contributed by atoms with van der Waals surface area (Å²) >= 11 is 0. The largest absolute Gasteiger partial charge is 0.481 e. The van der Waals surface area contributed by atoms with Gasteiger partial charge >= 0.3 is 11.9 Å². The van der Waals surface area contributed by atoms with Gasteiger partial charge in [-0.05, 0) is 42.7 Å². The lowest BCUT2D eigenvalue weighted by molar-refractivity contribution is -0.139. The van der Waals surface area contributed by atoms with Gasteiger partial charge in [-0.25, -0.2) is 19.1 Å². The first-order valence-corrected chi connectivity index (χ1v) is 11.7. The van der Waals surface area contributed by atoms with Gasteiger partial charge < -0.3 is 15.2 Å². The number of carboxylic acid groups (broad SMARTS) is 2. The van der Waals surface area contributed by atoms with E-state index >= 15 is 0 Å². The van der Waals surface area contributed by atoms with Crippen LogP contribution in [0.1, 0.15) is 33.8 Å². The third-order valence-corrected chi connectivity index (χ3v) is 7.57. The molecule has 0 saturated carbocycles.